The number of carbonyl (C=O) groups is 2. The van der Waals surface area contributed by atoms with Gasteiger partial charge in [-0.2, -0.15) is 13.2 Å². The predicted molar refractivity (Wildman–Crippen MR) is 52.8 cm³/mol. The third-order valence-electron chi connectivity index (χ3n) is 2.65. The number of piperidine rings is 1. The number of hydrogen-bond acceptors (Lipinski definition) is 3. The zero-order valence-electron chi connectivity index (χ0n) is 9.23. The Morgan fingerprint density at radius 3 is 2.59 bits per heavy atom. The van der Waals surface area contributed by atoms with Crippen LogP contribution in [0, 0.1) is 0 Å². The quantitative estimate of drug-likeness (QED) is 0.629. The van der Waals surface area contributed by atoms with Gasteiger partial charge in [0.2, 0.25) is 11.8 Å². The molecule has 1 fully saturated rings. The molecule has 5 nitrogen and oxygen atoms in total. The fourth-order valence-electron chi connectivity index (χ4n) is 1.35. The molecular weight excluding hydrogens is 239 g/mol. The van der Waals surface area contributed by atoms with E-state index in [9.17, 15) is 22.8 Å². The Balaban J connectivity index is 2.68. The van der Waals surface area contributed by atoms with Crippen LogP contribution in [0.5, 0.6) is 0 Å². The molecule has 0 radical (unpaired) electrons. The number of amides is 2. The molecule has 2 amide bonds. The van der Waals surface area contributed by atoms with E-state index in [1.807, 2.05) is 5.32 Å². The lowest BCUT2D eigenvalue weighted by atomic mass is 10.00. The first-order valence-electron chi connectivity index (χ1n) is 5.10. The molecule has 1 heterocycles. The molecule has 1 aliphatic rings. The van der Waals surface area contributed by atoms with Crippen molar-refractivity contribution in [2.24, 2.45) is 5.73 Å². The van der Waals surface area contributed by atoms with Gasteiger partial charge in [-0.15, -0.1) is 0 Å². The van der Waals surface area contributed by atoms with Crippen molar-refractivity contribution >= 4 is 11.8 Å². The third-order valence-corrected chi connectivity index (χ3v) is 2.65. The fraction of sp³-hybridized carbons (Fsp3) is 0.778. The molecule has 0 aromatic heterocycles. The van der Waals surface area contributed by atoms with Crippen LogP contribution in [-0.4, -0.2) is 36.1 Å². The van der Waals surface area contributed by atoms with Gasteiger partial charge in [-0.05, 0) is 19.8 Å². The Labute approximate surface area is 95.9 Å². The van der Waals surface area contributed by atoms with Gasteiger partial charge in [0.05, 0.1) is 0 Å². The zero-order chi connectivity index (χ0) is 13.3. The van der Waals surface area contributed by atoms with Crippen LogP contribution in [0.2, 0.25) is 0 Å². The van der Waals surface area contributed by atoms with Crippen molar-refractivity contribution in [3.63, 3.8) is 0 Å². The average molecular weight is 253 g/mol. The number of nitrogens with one attached hydrogen (secondary N) is 2. The normalized spacial score (nSPS) is 24.8. The van der Waals surface area contributed by atoms with Crippen LogP contribution in [0.3, 0.4) is 0 Å². The molecule has 0 saturated carbocycles. The SMILES string of the molecule is CC(N)(C(=O)NC1CCCNC1=O)C(F)(F)F. The first-order chi connectivity index (χ1) is 7.66. The largest absolute Gasteiger partial charge is 0.415 e. The van der Waals surface area contributed by atoms with Crippen molar-refractivity contribution in [3.05, 3.63) is 0 Å². The average Bonchev–Trinajstić information content (AvgIpc) is 2.19. The topological polar surface area (TPSA) is 84.2 Å². The molecule has 1 rings (SSSR count). The van der Waals surface area contributed by atoms with Gasteiger partial charge in [-0.25, -0.2) is 0 Å². The molecule has 0 aromatic rings. The Bertz CT molecular complexity index is 328. The molecule has 0 aliphatic carbocycles. The molecule has 1 aliphatic heterocycles. The molecule has 2 atom stereocenters. The van der Waals surface area contributed by atoms with E-state index in [1.165, 1.54) is 0 Å². The summed E-state index contributed by atoms with van der Waals surface area (Å²) in [5.41, 5.74) is 1.94. The highest BCUT2D eigenvalue weighted by Gasteiger charge is 2.54. The lowest BCUT2D eigenvalue weighted by Gasteiger charge is -2.30. The summed E-state index contributed by atoms with van der Waals surface area (Å²) in [7, 11) is 0. The lowest BCUT2D eigenvalue weighted by molar-refractivity contribution is -0.188. The minimum atomic E-state index is -4.86. The molecule has 0 aromatic carbocycles. The van der Waals surface area contributed by atoms with E-state index in [4.69, 9.17) is 5.73 Å². The number of rotatable bonds is 2. The summed E-state index contributed by atoms with van der Waals surface area (Å²) in [6.07, 6.45) is -3.95. The minimum Gasteiger partial charge on any atom is -0.354 e. The molecule has 17 heavy (non-hydrogen) atoms. The molecule has 0 bridgehead atoms. The van der Waals surface area contributed by atoms with E-state index in [0.29, 0.717) is 26.3 Å². The van der Waals surface area contributed by atoms with Gasteiger partial charge in [0.1, 0.15) is 6.04 Å². The summed E-state index contributed by atoms with van der Waals surface area (Å²) in [6, 6.07) is -0.943. The van der Waals surface area contributed by atoms with Crippen molar-refractivity contribution < 1.29 is 22.8 Å². The lowest BCUT2D eigenvalue weighted by Crippen LogP contribution is -2.64. The Hall–Kier alpha value is -1.31. The van der Waals surface area contributed by atoms with Crippen molar-refractivity contribution in [2.45, 2.75) is 37.5 Å². The number of nitrogens with two attached hydrogens (primary N) is 1. The second kappa shape index (κ2) is 4.52. The molecular formula is C9H14F3N3O2. The number of halogens is 3. The standard InChI is InChI=1S/C9H14F3N3O2/c1-8(13,9(10,11)12)7(17)15-5-3-2-4-14-6(5)16/h5H,2-4,13H2,1H3,(H,14,16)(H,15,17). The van der Waals surface area contributed by atoms with E-state index in [0.717, 1.165) is 0 Å². The number of hydrogen-bond donors (Lipinski definition) is 3. The molecule has 98 valence electrons. The zero-order valence-corrected chi connectivity index (χ0v) is 9.23. The van der Waals surface area contributed by atoms with Gasteiger partial charge in [0.15, 0.2) is 5.54 Å². The summed E-state index contributed by atoms with van der Waals surface area (Å²) in [4.78, 5) is 22.6. The Morgan fingerprint density at radius 2 is 2.12 bits per heavy atom. The van der Waals surface area contributed by atoms with Crippen molar-refractivity contribution in [3.8, 4) is 0 Å². The molecule has 8 heteroatoms. The van der Waals surface area contributed by atoms with Gasteiger partial charge in [-0.3, -0.25) is 9.59 Å². The van der Waals surface area contributed by atoms with Gasteiger partial charge < -0.3 is 16.4 Å². The van der Waals surface area contributed by atoms with Crippen LogP contribution in [0.15, 0.2) is 0 Å². The van der Waals surface area contributed by atoms with Gasteiger partial charge in [-0.1, -0.05) is 0 Å². The van der Waals surface area contributed by atoms with E-state index in [1.54, 1.807) is 0 Å². The fourth-order valence-corrected chi connectivity index (χ4v) is 1.35. The summed E-state index contributed by atoms with van der Waals surface area (Å²) in [5.74, 6) is -1.88. The molecule has 4 N–H and O–H groups in total. The van der Waals surface area contributed by atoms with Crippen molar-refractivity contribution in [1.82, 2.24) is 10.6 Å². The summed E-state index contributed by atoms with van der Waals surface area (Å²) in [6.45, 7) is 1.04. The van der Waals surface area contributed by atoms with Crippen LogP contribution in [0.25, 0.3) is 0 Å². The molecule has 1 saturated heterocycles. The smallest absolute Gasteiger partial charge is 0.354 e. The van der Waals surface area contributed by atoms with Crippen molar-refractivity contribution in [2.75, 3.05) is 6.54 Å². The Morgan fingerprint density at radius 1 is 1.53 bits per heavy atom. The second-order valence-electron chi connectivity index (χ2n) is 4.16. The maximum absolute atomic E-state index is 12.4. The first kappa shape index (κ1) is 13.8. The first-order valence-corrected chi connectivity index (χ1v) is 5.10. The maximum Gasteiger partial charge on any atom is 0.415 e. The van der Waals surface area contributed by atoms with Crippen LogP contribution in [-0.2, 0) is 9.59 Å². The van der Waals surface area contributed by atoms with Crippen LogP contribution < -0.4 is 16.4 Å². The summed E-state index contributed by atoms with van der Waals surface area (Å²) < 4.78 is 37.3. The van der Waals surface area contributed by atoms with Crippen LogP contribution in [0.4, 0.5) is 13.2 Å². The van der Waals surface area contributed by atoms with Crippen molar-refractivity contribution in [1.29, 1.82) is 0 Å². The van der Waals surface area contributed by atoms with Gasteiger partial charge in [0, 0.05) is 6.54 Å². The minimum absolute atomic E-state index is 0.311. The highest BCUT2D eigenvalue weighted by atomic mass is 19.4. The predicted octanol–water partition coefficient (Wildman–Crippen LogP) is -0.339. The van der Waals surface area contributed by atoms with Crippen LogP contribution >= 0.6 is 0 Å². The highest BCUT2D eigenvalue weighted by molar-refractivity contribution is 5.92. The summed E-state index contributed by atoms with van der Waals surface area (Å²) >= 11 is 0. The third kappa shape index (κ3) is 2.87. The maximum atomic E-state index is 12.4. The van der Waals surface area contributed by atoms with Crippen LogP contribution in [0.1, 0.15) is 19.8 Å². The second-order valence-corrected chi connectivity index (χ2v) is 4.16. The highest BCUT2D eigenvalue weighted by Crippen LogP contribution is 2.28. The van der Waals surface area contributed by atoms with Gasteiger partial charge >= 0.3 is 6.18 Å². The number of carbonyl (C=O) groups excluding carboxylic acids is 2. The van der Waals surface area contributed by atoms with E-state index < -0.39 is 29.6 Å². The van der Waals surface area contributed by atoms with Gasteiger partial charge in [0.25, 0.3) is 0 Å². The monoisotopic (exact) mass is 253 g/mol. The van der Waals surface area contributed by atoms with E-state index in [2.05, 4.69) is 5.32 Å². The summed E-state index contributed by atoms with van der Waals surface area (Å²) in [5, 5.41) is 4.47. The number of alkyl halides is 3. The van der Waals surface area contributed by atoms with E-state index in [-0.39, 0.29) is 0 Å². The molecule has 2 unspecified atom stereocenters. The van der Waals surface area contributed by atoms with E-state index >= 15 is 0 Å². The Kier molecular flexibility index (Phi) is 3.65. The molecule has 0 spiro atoms.